The molecule has 2 heterocycles. The maximum atomic E-state index is 12.4. The number of hydrogen-bond donors (Lipinski definition) is 0. The molecule has 5 nitrogen and oxygen atoms in total. The van der Waals surface area contributed by atoms with Crippen molar-refractivity contribution in [3.8, 4) is 0 Å². The molecule has 0 saturated carbocycles. The maximum absolute atomic E-state index is 12.4. The number of esters is 2. The molecular weight excluding hydrogens is 342 g/mol. The van der Waals surface area contributed by atoms with Crippen LogP contribution in [0.15, 0.2) is 48.2 Å². The van der Waals surface area contributed by atoms with E-state index >= 15 is 0 Å². The van der Waals surface area contributed by atoms with Crippen LogP contribution in [0.2, 0.25) is 0 Å². The van der Waals surface area contributed by atoms with E-state index in [1.807, 2.05) is 33.8 Å². The van der Waals surface area contributed by atoms with Gasteiger partial charge in [0.15, 0.2) is 11.7 Å². The first-order valence-corrected chi connectivity index (χ1v) is 9.64. The summed E-state index contributed by atoms with van der Waals surface area (Å²) in [6.07, 6.45) is 10.5. The zero-order valence-electron chi connectivity index (χ0n) is 16.9. The summed E-state index contributed by atoms with van der Waals surface area (Å²) in [4.78, 5) is 26.6. The lowest BCUT2D eigenvalue weighted by atomic mass is 9.91. The van der Waals surface area contributed by atoms with Crippen LogP contribution in [0.1, 0.15) is 47.0 Å². The van der Waals surface area contributed by atoms with Gasteiger partial charge in [-0.3, -0.25) is 0 Å². The second kappa shape index (κ2) is 9.07. The lowest BCUT2D eigenvalue weighted by Gasteiger charge is -2.37. The van der Waals surface area contributed by atoms with Gasteiger partial charge in [0.25, 0.3) is 0 Å². The van der Waals surface area contributed by atoms with Gasteiger partial charge in [0.2, 0.25) is 0 Å². The third kappa shape index (κ3) is 5.34. The number of rotatable bonds is 8. The smallest absolute Gasteiger partial charge is 0.333 e. The fourth-order valence-corrected chi connectivity index (χ4v) is 3.35. The second-order valence-corrected chi connectivity index (χ2v) is 7.67. The molecule has 148 valence electrons. The SMILES string of the molecule is C=C/C(C)=C/C[C@@H](OC(=O)/C=C/C(C)C)C1(C)OC(=O)C=C1N1CCCC1. The third-order valence-electron chi connectivity index (χ3n) is 4.99. The van der Waals surface area contributed by atoms with Crippen LogP contribution in [0, 0.1) is 5.92 Å². The Morgan fingerprint density at radius 3 is 2.67 bits per heavy atom. The molecule has 1 saturated heterocycles. The van der Waals surface area contributed by atoms with E-state index < -0.39 is 17.7 Å². The van der Waals surface area contributed by atoms with Gasteiger partial charge in [-0.05, 0) is 32.6 Å². The predicted octanol–water partition coefficient (Wildman–Crippen LogP) is 3.93. The van der Waals surface area contributed by atoms with Gasteiger partial charge in [-0.15, -0.1) is 0 Å². The first-order valence-electron chi connectivity index (χ1n) is 9.64. The minimum absolute atomic E-state index is 0.249. The van der Waals surface area contributed by atoms with Gasteiger partial charge in [-0.2, -0.15) is 0 Å². The number of allylic oxidation sites excluding steroid dienone is 3. The van der Waals surface area contributed by atoms with Gasteiger partial charge < -0.3 is 14.4 Å². The highest BCUT2D eigenvalue weighted by atomic mass is 16.6. The van der Waals surface area contributed by atoms with Crippen molar-refractivity contribution in [3.63, 3.8) is 0 Å². The number of ether oxygens (including phenoxy) is 2. The summed E-state index contributed by atoms with van der Waals surface area (Å²) in [7, 11) is 0. The quantitative estimate of drug-likeness (QED) is 0.367. The summed E-state index contributed by atoms with van der Waals surface area (Å²) < 4.78 is 11.5. The molecule has 0 aromatic rings. The zero-order chi connectivity index (χ0) is 20.0. The van der Waals surface area contributed by atoms with Crippen LogP contribution in [0.5, 0.6) is 0 Å². The average molecular weight is 373 g/mol. The van der Waals surface area contributed by atoms with Crippen molar-refractivity contribution in [2.75, 3.05) is 13.1 Å². The van der Waals surface area contributed by atoms with Crippen LogP contribution in [0.3, 0.4) is 0 Å². The third-order valence-corrected chi connectivity index (χ3v) is 4.99. The van der Waals surface area contributed by atoms with E-state index in [4.69, 9.17) is 9.47 Å². The molecule has 0 spiro atoms. The number of nitrogens with zero attached hydrogens (tertiary/aromatic N) is 1. The standard InChI is InChI=1S/C22H31NO4/c1-6-17(4)10-11-19(26-20(24)12-9-16(2)3)22(5)18(15-21(25)27-22)23-13-7-8-14-23/h6,9-10,12,15-16,19H,1,7-8,11,13-14H2,2-5H3/b12-9+,17-10+/t19-,22?/m1/s1. The summed E-state index contributed by atoms with van der Waals surface area (Å²) in [5.74, 6) is -0.565. The fraction of sp³-hybridized carbons (Fsp3) is 0.545. The number of carbonyl (C=O) groups is 2. The van der Waals surface area contributed by atoms with E-state index in [-0.39, 0.29) is 11.9 Å². The summed E-state index contributed by atoms with van der Waals surface area (Å²) in [5, 5.41) is 0. The molecule has 0 N–H and O–H groups in total. The summed E-state index contributed by atoms with van der Waals surface area (Å²) in [5.41, 5.74) is 0.787. The molecule has 0 radical (unpaired) electrons. The topological polar surface area (TPSA) is 55.8 Å². The molecule has 2 aliphatic rings. The highest BCUT2D eigenvalue weighted by Crippen LogP contribution is 2.38. The lowest BCUT2D eigenvalue weighted by Crippen LogP contribution is -2.48. The Kier molecular flexibility index (Phi) is 7.05. The number of hydrogen-bond acceptors (Lipinski definition) is 5. The van der Waals surface area contributed by atoms with Crippen molar-refractivity contribution >= 4 is 11.9 Å². The van der Waals surface area contributed by atoms with E-state index in [9.17, 15) is 9.59 Å². The fourth-order valence-electron chi connectivity index (χ4n) is 3.35. The Morgan fingerprint density at radius 1 is 1.41 bits per heavy atom. The Morgan fingerprint density at radius 2 is 2.07 bits per heavy atom. The van der Waals surface area contributed by atoms with Crippen molar-refractivity contribution in [2.24, 2.45) is 5.92 Å². The monoisotopic (exact) mass is 373 g/mol. The van der Waals surface area contributed by atoms with Crippen LogP contribution >= 0.6 is 0 Å². The Balaban J connectivity index is 2.29. The molecule has 2 rings (SSSR count). The molecule has 0 aliphatic carbocycles. The van der Waals surface area contributed by atoms with Crippen molar-refractivity contribution in [1.29, 1.82) is 0 Å². The minimum atomic E-state index is -0.999. The maximum Gasteiger partial charge on any atom is 0.333 e. The van der Waals surface area contributed by atoms with E-state index in [2.05, 4.69) is 11.5 Å². The van der Waals surface area contributed by atoms with Crippen LogP contribution in [0.4, 0.5) is 0 Å². The largest absolute Gasteiger partial charge is 0.454 e. The summed E-state index contributed by atoms with van der Waals surface area (Å²) in [6, 6.07) is 0. The molecule has 2 aliphatic heterocycles. The molecule has 5 heteroatoms. The van der Waals surface area contributed by atoms with Crippen molar-refractivity contribution in [3.05, 3.63) is 48.2 Å². The van der Waals surface area contributed by atoms with Gasteiger partial charge in [0.05, 0.1) is 5.70 Å². The van der Waals surface area contributed by atoms with Crippen molar-refractivity contribution in [1.82, 2.24) is 4.90 Å². The minimum Gasteiger partial charge on any atom is -0.454 e. The van der Waals surface area contributed by atoms with Crippen LogP contribution in [-0.4, -0.2) is 41.6 Å². The molecule has 0 aromatic heterocycles. The van der Waals surface area contributed by atoms with E-state index in [1.54, 1.807) is 18.2 Å². The normalized spacial score (nSPS) is 24.3. The zero-order valence-corrected chi connectivity index (χ0v) is 16.9. The number of carbonyl (C=O) groups excluding carboxylic acids is 2. The molecule has 27 heavy (non-hydrogen) atoms. The molecule has 0 amide bonds. The second-order valence-electron chi connectivity index (χ2n) is 7.67. The number of cyclic esters (lactones) is 1. The molecule has 2 atom stereocenters. The van der Waals surface area contributed by atoms with Crippen molar-refractivity contribution in [2.45, 2.75) is 58.7 Å². The van der Waals surface area contributed by atoms with E-state index in [1.165, 1.54) is 6.08 Å². The molecule has 0 aromatic carbocycles. The highest BCUT2D eigenvalue weighted by molar-refractivity contribution is 5.87. The van der Waals surface area contributed by atoms with Gasteiger partial charge >= 0.3 is 11.9 Å². The van der Waals surface area contributed by atoms with Gasteiger partial charge in [-0.25, -0.2) is 9.59 Å². The molecular formula is C22H31NO4. The first kappa shape index (κ1) is 21.0. The Bertz CT molecular complexity index is 668. The van der Waals surface area contributed by atoms with Crippen molar-refractivity contribution < 1.29 is 19.1 Å². The average Bonchev–Trinajstić information content (AvgIpc) is 3.24. The van der Waals surface area contributed by atoms with E-state index in [0.717, 1.165) is 37.2 Å². The van der Waals surface area contributed by atoms with Crippen LogP contribution in [0.25, 0.3) is 0 Å². The van der Waals surface area contributed by atoms with Gasteiger partial charge in [0, 0.05) is 31.7 Å². The molecule has 1 fully saturated rings. The summed E-state index contributed by atoms with van der Waals surface area (Å²) in [6.45, 7) is 13.3. The Labute approximate surface area is 162 Å². The summed E-state index contributed by atoms with van der Waals surface area (Å²) >= 11 is 0. The predicted molar refractivity (Wildman–Crippen MR) is 106 cm³/mol. The van der Waals surface area contributed by atoms with Gasteiger partial charge in [-0.1, -0.05) is 44.2 Å². The molecule has 1 unspecified atom stereocenters. The van der Waals surface area contributed by atoms with E-state index in [0.29, 0.717) is 6.42 Å². The molecule has 0 bridgehead atoms. The Hall–Kier alpha value is -2.30. The lowest BCUT2D eigenvalue weighted by molar-refractivity contribution is -0.169. The highest BCUT2D eigenvalue weighted by Gasteiger charge is 2.49. The van der Waals surface area contributed by atoms with Crippen LogP contribution in [-0.2, 0) is 19.1 Å². The van der Waals surface area contributed by atoms with Crippen LogP contribution < -0.4 is 0 Å². The first-order chi connectivity index (χ1) is 12.8. The number of likely N-dealkylation sites (tertiary alicyclic amines) is 1. The van der Waals surface area contributed by atoms with Gasteiger partial charge in [0.1, 0.15) is 0 Å².